The lowest BCUT2D eigenvalue weighted by Crippen LogP contribution is -2.31. The molecule has 0 spiro atoms. The van der Waals surface area contributed by atoms with Crippen LogP contribution < -0.4 is 5.73 Å². The fourth-order valence-electron chi connectivity index (χ4n) is 0.0781. The van der Waals surface area contributed by atoms with Crippen LogP contribution in [0, 0.1) is 0 Å². The lowest BCUT2D eigenvalue weighted by atomic mass is 10.4. The van der Waals surface area contributed by atoms with Crippen molar-refractivity contribution in [3.05, 3.63) is 0 Å². The first-order chi connectivity index (χ1) is 5.45. The predicted octanol–water partition coefficient (Wildman–Crippen LogP) is -0.493. The van der Waals surface area contributed by atoms with Gasteiger partial charge in [-0.15, -0.1) is 0 Å². The van der Waals surface area contributed by atoms with Crippen molar-refractivity contribution in [2.75, 3.05) is 12.9 Å². The van der Waals surface area contributed by atoms with E-state index >= 15 is 0 Å². The van der Waals surface area contributed by atoms with E-state index in [1.807, 2.05) is 0 Å². The van der Waals surface area contributed by atoms with Crippen LogP contribution >= 0.6 is 12.6 Å². The number of methoxy groups -OCH3 is 1. The Labute approximate surface area is 76.3 Å². The van der Waals surface area contributed by atoms with Gasteiger partial charge >= 0.3 is 11.9 Å². The quantitative estimate of drug-likeness (QED) is 0.408. The average Bonchev–Trinajstić information content (AvgIpc) is 2.04. The van der Waals surface area contributed by atoms with E-state index in [1.165, 1.54) is 14.0 Å². The number of esters is 1. The Morgan fingerprint density at radius 1 is 1.67 bits per heavy atom. The maximum atomic E-state index is 9.76. The van der Waals surface area contributed by atoms with Gasteiger partial charge in [0.2, 0.25) is 0 Å². The van der Waals surface area contributed by atoms with Crippen molar-refractivity contribution in [1.29, 1.82) is 0 Å². The topological polar surface area (TPSA) is 89.6 Å². The van der Waals surface area contributed by atoms with E-state index < -0.39 is 12.0 Å². The van der Waals surface area contributed by atoms with E-state index in [0.717, 1.165) is 0 Å². The highest BCUT2D eigenvalue weighted by molar-refractivity contribution is 7.80. The summed E-state index contributed by atoms with van der Waals surface area (Å²) in [6.45, 7) is 1.36. The molecular formula is C6H13NO4S. The predicted molar refractivity (Wildman–Crippen MR) is 47.2 cm³/mol. The number of carbonyl (C=O) groups excluding carboxylic acids is 1. The minimum absolute atomic E-state index is 0.190. The maximum absolute atomic E-state index is 9.76. The molecule has 0 aliphatic carbocycles. The lowest BCUT2D eigenvalue weighted by Gasteiger charge is -1.96. The third kappa shape index (κ3) is 12.0. The Morgan fingerprint density at radius 2 is 2.00 bits per heavy atom. The minimum atomic E-state index is -1.00. The number of nitrogens with two attached hydrogens (primary N) is 1. The molecule has 72 valence electrons. The summed E-state index contributed by atoms with van der Waals surface area (Å²) in [6, 6.07) is -0.816. The van der Waals surface area contributed by atoms with E-state index in [1.54, 1.807) is 0 Å². The molecule has 12 heavy (non-hydrogen) atoms. The minimum Gasteiger partial charge on any atom is -0.480 e. The van der Waals surface area contributed by atoms with Gasteiger partial charge in [-0.1, -0.05) is 0 Å². The van der Waals surface area contributed by atoms with Crippen LogP contribution in [0.15, 0.2) is 0 Å². The molecule has 0 aromatic rings. The summed E-state index contributed by atoms with van der Waals surface area (Å²) in [4.78, 5) is 19.3. The Bertz CT molecular complexity index is 150. The van der Waals surface area contributed by atoms with Crippen LogP contribution in [0.25, 0.3) is 0 Å². The van der Waals surface area contributed by atoms with Crippen LogP contribution in [0.2, 0.25) is 0 Å². The van der Waals surface area contributed by atoms with Gasteiger partial charge in [-0.2, -0.15) is 12.6 Å². The second kappa shape index (κ2) is 8.35. The molecule has 0 unspecified atom stereocenters. The summed E-state index contributed by atoms with van der Waals surface area (Å²) in [5.41, 5.74) is 4.94. The molecule has 0 heterocycles. The van der Waals surface area contributed by atoms with Gasteiger partial charge in [0.15, 0.2) is 0 Å². The Kier molecular flexibility index (Phi) is 9.61. The normalized spacial score (nSPS) is 10.7. The SMILES string of the molecule is COC(C)=O.N[C@@H](CS)C(=O)O. The first kappa shape index (κ1) is 13.8. The van der Waals surface area contributed by atoms with Gasteiger partial charge in [-0.3, -0.25) is 9.59 Å². The highest BCUT2D eigenvalue weighted by atomic mass is 32.1. The highest BCUT2D eigenvalue weighted by Crippen LogP contribution is 1.80. The monoisotopic (exact) mass is 195 g/mol. The molecule has 0 aromatic heterocycles. The first-order valence-electron chi connectivity index (χ1n) is 3.09. The summed E-state index contributed by atoms with van der Waals surface area (Å²) in [6.07, 6.45) is 0. The molecule has 0 amide bonds. The van der Waals surface area contributed by atoms with Gasteiger partial charge in [0.25, 0.3) is 0 Å². The molecule has 0 bridgehead atoms. The van der Waals surface area contributed by atoms with Crippen molar-refractivity contribution >= 4 is 24.6 Å². The van der Waals surface area contributed by atoms with Gasteiger partial charge in [0.05, 0.1) is 7.11 Å². The highest BCUT2D eigenvalue weighted by Gasteiger charge is 2.06. The Balaban J connectivity index is 0. The van der Waals surface area contributed by atoms with Crippen molar-refractivity contribution in [2.24, 2.45) is 5.73 Å². The van der Waals surface area contributed by atoms with E-state index in [0.29, 0.717) is 0 Å². The van der Waals surface area contributed by atoms with Gasteiger partial charge in [-0.05, 0) is 0 Å². The van der Waals surface area contributed by atoms with Crippen LogP contribution in [-0.4, -0.2) is 35.9 Å². The van der Waals surface area contributed by atoms with Crippen LogP contribution in [0.5, 0.6) is 0 Å². The van der Waals surface area contributed by atoms with E-state index in [9.17, 15) is 9.59 Å². The number of aliphatic carboxylic acids is 1. The molecule has 6 heteroatoms. The number of hydrogen-bond donors (Lipinski definition) is 3. The van der Waals surface area contributed by atoms with Gasteiger partial charge in [0, 0.05) is 12.7 Å². The Morgan fingerprint density at radius 3 is 2.00 bits per heavy atom. The van der Waals surface area contributed by atoms with Gasteiger partial charge < -0.3 is 15.6 Å². The van der Waals surface area contributed by atoms with E-state index in [2.05, 4.69) is 17.4 Å². The molecular weight excluding hydrogens is 182 g/mol. The summed E-state index contributed by atoms with van der Waals surface area (Å²) >= 11 is 3.65. The molecule has 5 nitrogen and oxygen atoms in total. The van der Waals surface area contributed by atoms with Gasteiger partial charge in [0.1, 0.15) is 6.04 Å². The molecule has 0 fully saturated rings. The van der Waals surface area contributed by atoms with Crippen molar-refractivity contribution < 1.29 is 19.4 Å². The average molecular weight is 195 g/mol. The fourth-order valence-corrected chi connectivity index (χ4v) is 0.234. The zero-order valence-corrected chi connectivity index (χ0v) is 7.88. The standard InChI is InChI=1S/C3H7NO2S.C3H6O2/c4-2(1-7)3(5)6;1-3(4)5-2/h2,7H,1,4H2,(H,5,6);1-2H3/t2-;/m0./s1. The van der Waals surface area contributed by atoms with Crippen molar-refractivity contribution in [2.45, 2.75) is 13.0 Å². The van der Waals surface area contributed by atoms with Crippen LogP contribution in [0.3, 0.4) is 0 Å². The molecule has 0 saturated carbocycles. The van der Waals surface area contributed by atoms with Crippen LogP contribution in [-0.2, 0) is 14.3 Å². The maximum Gasteiger partial charge on any atom is 0.321 e. The second-order valence-corrected chi connectivity index (χ2v) is 2.19. The largest absolute Gasteiger partial charge is 0.480 e. The summed E-state index contributed by atoms with van der Waals surface area (Å²) in [5, 5.41) is 8.01. The number of thiol groups is 1. The molecule has 0 aliphatic rings. The number of carboxylic acid groups (broad SMARTS) is 1. The molecule has 0 saturated heterocycles. The zero-order chi connectivity index (χ0) is 10.1. The van der Waals surface area contributed by atoms with Crippen LogP contribution in [0.4, 0.5) is 0 Å². The Hall–Kier alpha value is -0.750. The number of hydrogen-bond acceptors (Lipinski definition) is 5. The van der Waals surface area contributed by atoms with Gasteiger partial charge in [-0.25, -0.2) is 0 Å². The number of carbonyl (C=O) groups is 2. The third-order valence-corrected chi connectivity index (χ3v) is 1.19. The third-order valence-electron chi connectivity index (χ3n) is 0.801. The molecule has 1 atom stereocenters. The van der Waals surface area contributed by atoms with Crippen molar-refractivity contribution in [3.8, 4) is 0 Å². The van der Waals surface area contributed by atoms with E-state index in [4.69, 9.17) is 10.8 Å². The molecule has 3 N–H and O–H groups in total. The van der Waals surface area contributed by atoms with E-state index in [-0.39, 0.29) is 11.7 Å². The zero-order valence-electron chi connectivity index (χ0n) is 6.98. The molecule has 0 radical (unpaired) electrons. The summed E-state index contributed by atoms with van der Waals surface area (Å²) in [5.74, 6) is -1.06. The molecule has 0 aliphatic heterocycles. The summed E-state index contributed by atoms with van der Waals surface area (Å²) < 4.78 is 4.11. The smallest absolute Gasteiger partial charge is 0.321 e. The summed E-state index contributed by atoms with van der Waals surface area (Å²) in [7, 11) is 1.35. The molecule has 0 aromatic carbocycles. The van der Waals surface area contributed by atoms with Crippen molar-refractivity contribution in [1.82, 2.24) is 0 Å². The first-order valence-corrected chi connectivity index (χ1v) is 3.72. The number of rotatable bonds is 2. The fraction of sp³-hybridized carbons (Fsp3) is 0.667. The second-order valence-electron chi connectivity index (χ2n) is 1.82. The number of carboxylic acids is 1. The van der Waals surface area contributed by atoms with Crippen LogP contribution in [0.1, 0.15) is 6.92 Å². The van der Waals surface area contributed by atoms with Crippen molar-refractivity contribution in [3.63, 3.8) is 0 Å². The molecule has 0 rings (SSSR count). The number of ether oxygens (including phenoxy) is 1. The lowest BCUT2D eigenvalue weighted by molar-refractivity contribution is -0.138.